The largest absolute Gasteiger partial charge is 0.356 e. The first-order valence-electron chi connectivity index (χ1n) is 6.88. The molecule has 0 spiro atoms. The minimum Gasteiger partial charge on any atom is -0.356 e. The van der Waals surface area contributed by atoms with Gasteiger partial charge in [-0.05, 0) is 31.5 Å². The number of hydrogen-bond donors (Lipinski definition) is 1. The summed E-state index contributed by atoms with van der Waals surface area (Å²) in [6.45, 7) is 3.94. The van der Waals surface area contributed by atoms with Crippen LogP contribution in [0.15, 0.2) is 44.7 Å². The molecule has 0 aliphatic rings. The van der Waals surface area contributed by atoms with Crippen LogP contribution in [0.25, 0.3) is 11.3 Å². The quantitative estimate of drug-likeness (QED) is 0.765. The number of aryl methyl sites for hydroxylation is 1. The monoisotopic (exact) mass is 349 g/mol. The van der Waals surface area contributed by atoms with Gasteiger partial charge in [0.1, 0.15) is 4.21 Å². The highest BCUT2D eigenvalue weighted by Crippen LogP contribution is 2.31. The molecule has 0 aromatic carbocycles. The van der Waals surface area contributed by atoms with E-state index in [4.69, 9.17) is 4.52 Å². The molecule has 3 aromatic heterocycles. The number of thiophene rings is 1. The summed E-state index contributed by atoms with van der Waals surface area (Å²) >= 11 is 1.15. The lowest BCUT2D eigenvalue weighted by Crippen LogP contribution is -2.22. The molecule has 0 aliphatic carbocycles. The number of nitrogens with one attached hydrogen (secondary N) is 1. The topological polar surface area (TPSA) is 85.1 Å². The van der Waals surface area contributed by atoms with E-state index in [0.29, 0.717) is 5.76 Å². The summed E-state index contributed by atoms with van der Waals surface area (Å²) in [5.41, 5.74) is 3.23. The van der Waals surface area contributed by atoms with Gasteiger partial charge in [0.15, 0.2) is 5.76 Å². The summed E-state index contributed by atoms with van der Waals surface area (Å²) in [6, 6.07) is 5.18. The van der Waals surface area contributed by atoms with E-state index in [-0.39, 0.29) is 10.8 Å². The van der Waals surface area contributed by atoms with Crippen molar-refractivity contribution in [3.8, 4) is 11.3 Å². The predicted molar refractivity (Wildman–Crippen MR) is 87.6 cm³/mol. The number of rotatable bonds is 5. The van der Waals surface area contributed by atoms with Crippen molar-refractivity contribution in [2.45, 2.75) is 24.6 Å². The third-order valence-corrected chi connectivity index (χ3v) is 6.29. The van der Waals surface area contributed by atoms with Crippen LogP contribution < -0.4 is 4.72 Å². The highest BCUT2D eigenvalue weighted by molar-refractivity contribution is 7.91. The van der Waals surface area contributed by atoms with Crippen LogP contribution >= 0.6 is 11.3 Å². The molecule has 8 heteroatoms. The van der Waals surface area contributed by atoms with Crippen LogP contribution in [0, 0.1) is 13.8 Å². The highest BCUT2D eigenvalue weighted by atomic mass is 32.2. The summed E-state index contributed by atoms with van der Waals surface area (Å²) in [5, 5.41) is 5.65. The molecule has 0 amide bonds. The van der Waals surface area contributed by atoms with Gasteiger partial charge in [-0.1, -0.05) is 11.2 Å². The van der Waals surface area contributed by atoms with Crippen LogP contribution in [0.4, 0.5) is 0 Å². The SMILES string of the molecule is Cc1noc(-c2csc(S(=O)(=O)NCc3cccnc3)c2)c1C. The number of pyridine rings is 1. The molecule has 3 rings (SSSR count). The number of hydrogen-bond acceptors (Lipinski definition) is 6. The Hall–Kier alpha value is -2.03. The number of nitrogens with zero attached hydrogens (tertiary/aromatic N) is 2. The van der Waals surface area contributed by atoms with Crippen molar-refractivity contribution in [3.05, 3.63) is 52.8 Å². The maximum atomic E-state index is 12.4. The molecule has 0 bridgehead atoms. The number of sulfonamides is 1. The maximum Gasteiger partial charge on any atom is 0.250 e. The van der Waals surface area contributed by atoms with Crippen LogP contribution in [0.3, 0.4) is 0 Å². The minimum absolute atomic E-state index is 0.198. The standard InChI is InChI=1S/C15H15N3O3S2/c1-10-11(2)18-21-15(10)13-6-14(22-9-13)23(19,20)17-8-12-4-3-5-16-7-12/h3-7,9,17H,8H2,1-2H3. The molecule has 0 radical (unpaired) electrons. The van der Waals surface area contributed by atoms with Crippen LogP contribution in [0.1, 0.15) is 16.8 Å². The lowest BCUT2D eigenvalue weighted by Gasteiger charge is -2.04. The lowest BCUT2D eigenvalue weighted by molar-refractivity contribution is 0.427. The van der Waals surface area contributed by atoms with Crippen molar-refractivity contribution >= 4 is 21.4 Å². The van der Waals surface area contributed by atoms with Gasteiger partial charge in [0.05, 0.1) is 5.69 Å². The van der Waals surface area contributed by atoms with Crippen molar-refractivity contribution in [2.75, 3.05) is 0 Å². The van der Waals surface area contributed by atoms with E-state index in [0.717, 1.165) is 33.7 Å². The Morgan fingerprint density at radius 2 is 2.17 bits per heavy atom. The zero-order valence-electron chi connectivity index (χ0n) is 12.6. The van der Waals surface area contributed by atoms with E-state index in [1.54, 1.807) is 29.9 Å². The molecule has 6 nitrogen and oxygen atoms in total. The van der Waals surface area contributed by atoms with Crippen molar-refractivity contribution in [2.24, 2.45) is 0 Å². The smallest absolute Gasteiger partial charge is 0.250 e. The van der Waals surface area contributed by atoms with Crippen LogP contribution in [-0.4, -0.2) is 18.6 Å². The fourth-order valence-corrected chi connectivity index (χ4v) is 4.24. The van der Waals surface area contributed by atoms with E-state index < -0.39 is 10.0 Å². The van der Waals surface area contributed by atoms with E-state index in [1.165, 1.54) is 0 Å². The van der Waals surface area contributed by atoms with Crippen LogP contribution in [0.5, 0.6) is 0 Å². The van der Waals surface area contributed by atoms with Crippen molar-refractivity contribution < 1.29 is 12.9 Å². The second kappa shape index (κ2) is 6.23. The predicted octanol–water partition coefficient (Wildman–Crippen LogP) is 2.89. The zero-order valence-corrected chi connectivity index (χ0v) is 14.2. The van der Waals surface area contributed by atoms with Gasteiger partial charge in [0, 0.05) is 35.4 Å². The Labute approximate surface area is 138 Å². The van der Waals surface area contributed by atoms with Gasteiger partial charge in [-0.2, -0.15) is 0 Å². The molecule has 0 saturated heterocycles. The van der Waals surface area contributed by atoms with Gasteiger partial charge < -0.3 is 4.52 Å². The molecule has 0 fully saturated rings. The highest BCUT2D eigenvalue weighted by Gasteiger charge is 2.19. The Morgan fingerprint density at radius 1 is 1.35 bits per heavy atom. The van der Waals surface area contributed by atoms with Crippen molar-refractivity contribution in [3.63, 3.8) is 0 Å². The normalized spacial score (nSPS) is 11.7. The molecule has 0 saturated carbocycles. The lowest BCUT2D eigenvalue weighted by atomic mass is 10.1. The van der Waals surface area contributed by atoms with Gasteiger partial charge in [-0.15, -0.1) is 11.3 Å². The molecule has 0 atom stereocenters. The molecule has 1 N–H and O–H groups in total. The Kier molecular flexibility index (Phi) is 4.29. The zero-order chi connectivity index (χ0) is 16.4. The second-order valence-corrected chi connectivity index (χ2v) is 7.97. The Morgan fingerprint density at radius 3 is 2.83 bits per heavy atom. The van der Waals surface area contributed by atoms with E-state index in [1.807, 2.05) is 19.9 Å². The molecular formula is C15H15N3O3S2. The maximum absolute atomic E-state index is 12.4. The number of aromatic nitrogens is 2. The first-order chi connectivity index (χ1) is 11.0. The van der Waals surface area contributed by atoms with Crippen molar-refractivity contribution in [1.82, 2.24) is 14.9 Å². The van der Waals surface area contributed by atoms with Gasteiger partial charge in [-0.25, -0.2) is 13.1 Å². The molecule has 23 heavy (non-hydrogen) atoms. The minimum atomic E-state index is -3.57. The average molecular weight is 349 g/mol. The molecule has 0 aliphatic heterocycles. The third-order valence-electron chi connectivity index (χ3n) is 3.45. The summed E-state index contributed by atoms with van der Waals surface area (Å²) in [6.07, 6.45) is 3.27. The first kappa shape index (κ1) is 15.9. The Bertz CT molecular complexity index is 915. The summed E-state index contributed by atoms with van der Waals surface area (Å²) in [5.74, 6) is 0.604. The first-order valence-corrected chi connectivity index (χ1v) is 9.24. The third kappa shape index (κ3) is 3.34. The fraction of sp³-hybridized carbons (Fsp3) is 0.200. The van der Waals surface area contributed by atoms with E-state index >= 15 is 0 Å². The second-order valence-electron chi connectivity index (χ2n) is 5.06. The fourth-order valence-electron chi connectivity index (χ4n) is 2.01. The van der Waals surface area contributed by atoms with E-state index in [9.17, 15) is 8.42 Å². The summed E-state index contributed by atoms with van der Waals surface area (Å²) in [7, 11) is -3.57. The van der Waals surface area contributed by atoms with E-state index in [2.05, 4.69) is 14.9 Å². The van der Waals surface area contributed by atoms with Gasteiger partial charge >= 0.3 is 0 Å². The van der Waals surface area contributed by atoms with Gasteiger partial charge in [0.25, 0.3) is 0 Å². The molecule has 120 valence electrons. The molecular weight excluding hydrogens is 334 g/mol. The van der Waals surface area contributed by atoms with Crippen LogP contribution in [0.2, 0.25) is 0 Å². The van der Waals surface area contributed by atoms with Gasteiger partial charge in [-0.3, -0.25) is 4.98 Å². The summed E-state index contributed by atoms with van der Waals surface area (Å²) < 4.78 is 32.8. The molecule has 3 heterocycles. The Balaban J connectivity index is 1.80. The summed E-state index contributed by atoms with van der Waals surface area (Å²) in [4.78, 5) is 3.96. The molecule has 3 aromatic rings. The van der Waals surface area contributed by atoms with Crippen LogP contribution in [-0.2, 0) is 16.6 Å². The van der Waals surface area contributed by atoms with Gasteiger partial charge in [0.2, 0.25) is 10.0 Å². The molecule has 0 unspecified atom stereocenters. The van der Waals surface area contributed by atoms with Crippen molar-refractivity contribution in [1.29, 1.82) is 0 Å². The average Bonchev–Trinajstić information content (AvgIpc) is 3.15.